The van der Waals surface area contributed by atoms with Crippen molar-refractivity contribution < 1.29 is 4.74 Å². The van der Waals surface area contributed by atoms with Crippen molar-refractivity contribution >= 4 is 11.4 Å². The van der Waals surface area contributed by atoms with Gasteiger partial charge >= 0.3 is 0 Å². The molecule has 2 N–H and O–H groups in total. The summed E-state index contributed by atoms with van der Waals surface area (Å²) in [4.78, 5) is 2.08. The van der Waals surface area contributed by atoms with Crippen molar-refractivity contribution in [3.8, 4) is 11.8 Å². The van der Waals surface area contributed by atoms with Gasteiger partial charge in [-0.3, -0.25) is 0 Å². The fraction of sp³-hybridized carbons (Fsp3) is 0.235. The van der Waals surface area contributed by atoms with Crippen LogP contribution in [-0.2, 0) is 6.54 Å². The quantitative estimate of drug-likeness (QED) is 0.855. The van der Waals surface area contributed by atoms with Crippen LogP contribution in [0.25, 0.3) is 0 Å². The van der Waals surface area contributed by atoms with Crippen molar-refractivity contribution in [2.24, 2.45) is 0 Å². The maximum absolute atomic E-state index is 8.95. The smallest absolute Gasteiger partial charge is 0.123 e. The molecule has 0 atom stereocenters. The minimum Gasteiger partial charge on any atom is -0.494 e. The summed E-state index contributed by atoms with van der Waals surface area (Å²) in [6, 6.07) is 15.5. The van der Waals surface area contributed by atoms with Crippen LogP contribution in [0.4, 0.5) is 11.4 Å². The lowest BCUT2D eigenvalue weighted by molar-refractivity contribution is 0.340. The van der Waals surface area contributed by atoms with Crippen LogP contribution in [-0.4, -0.2) is 13.7 Å². The van der Waals surface area contributed by atoms with Crippen LogP contribution < -0.4 is 15.4 Å². The molecular weight excluding hydrogens is 262 g/mol. The van der Waals surface area contributed by atoms with Crippen molar-refractivity contribution in [2.75, 3.05) is 24.3 Å². The van der Waals surface area contributed by atoms with E-state index in [-0.39, 0.29) is 0 Å². The van der Waals surface area contributed by atoms with Crippen molar-refractivity contribution in [2.45, 2.75) is 13.5 Å². The van der Waals surface area contributed by atoms with Gasteiger partial charge in [-0.1, -0.05) is 12.1 Å². The van der Waals surface area contributed by atoms with Gasteiger partial charge in [-0.15, -0.1) is 0 Å². The number of rotatable bonds is 5. The van der Waals surface area contributed by atoms with E-state index in [1.165, 1.54) is 0 Å². The molecule has 21 heavy (non-hydrogen) atoms. The van der Waals surface area contributed by atoms with Crippen LogP contribution in [0.3, 0.4) is 0 Å². The molecule has 0 bridgehead atoms. The molecule has 4 nitrogen and oxygen atoms in total. The summed E-state index contributed by atoms with van der Waals surface area (Å²) in [7, 11) is 1.99. The van der Waals surface area contributed by atoms with E-state index in [4.69, 9.17) is 15.7 Å². The van der Waals surface area contributed by atoms with E-state index in [2.05, 4.69) is 11.0 Å². The molecule has 0 saturated carbocycles. The lowest BCUT2D eigenvalue weighted by Gasteiger charge is -2.21. The Morgan fingerprint density at radius 1 is 1.24 bits per heavy atom. The molecule has 0 aliphatic rings. The zero-order valence-electron chi connectivity index (χ0n) is 12.3. The summed E-state index contributed by atoms with van der Waals surface area (Å²) >= 11 is 0. The van der Waals surface area contributed by atoms with Crippen LogP contribution in [0.15, 0.2) is 42.5 Å². The first-order valence-electron chi connectivity index (χ1n) is 6.86. The first kappa shape index (κ1) is 14.7. The van der Waals surface area contributed by atoms with Gasteiger partial charge in [0.15, 0.2) is 0 Å². The molecule has 0 heterocycles. The Morgan fingerprint density at radius 2 is 2.05 bits per heavy atom. The summed E-state index contributed by atoms with van der Waals surface area (Å²) in [5, 5.41) is 8.95. The average molecular weight is 281 g/mol. The van der Waals surface area contributed by atoms with Crippen LogP contribution in [0.1, 0.15) is 18.1 Å². The van der Waals surface area contributed by atoms with Crippen LogP contribution in [0.5, 0.6) is 5.75 Å². The fourth-order valence-corrected chi connectivity index (χ4v) is 2.18. The summed E-state index contributed by atoms with van der Waals surface area (Å²) in [6.45, 7) is 3.25. The number of nitrogen functional groups attached to an aromatic ring is 1. The molecule has 0 aliphatic carbocycles. The largest absolute Gasteiger partial charge is 0.494 e. The van der Waals surface area contributed by atoms with Gasteiger partial charge in [-0.25, -0.2) is 0 Å². The van der Waals surface area contributed by atoms with Crippen molar-refractivity contribution in [1.29, 1.82) is 5.26 Å². The van der Waals surface area contributed by atoms with E-state index in [0.717, 1.165) is 17.0 Å². The maximum atomic E-state index is 8.95. The molecule has 0 fully saturated rings. The standard InChI is InChI=1S/C17H19N3O/c1-3-21-17-9-15(19)8-16(10-17)20(2)12-14-6-4-5-13(7-14)11-18/h4-10H,3,12,19H2,1-2H3. The Kier molecular flexibility index (Phi) is 4.68. The van der Waals surface area contributed by atoms with Gasteiger partial charge < -0.3 is 15.4 Å². The SMILES string of the molecule is CCOc1cc(N)cc(N(C)Cc2cccc(C#N)c2)c1. The van der Waals surface area contributed by atoms with Gasteiger partial charge in [0.1, 0.15) is 5.75 Å². The highest BCUT2D eigenvalue weighted by Gasteiger charge is 2.06. The van der Waals surface area contributed by atoms with Crippen LogP contribution in [0.2, 0.25) is 0 Å². The number of nitriles is 1. The van der Waals surface area contributed by atoms with Crippen molar-refractivity contribution in [3.05, 3.63) is 53.6 Å². The molecule has 2 aromatic rings. The molecule has 0 aliphatic heterocycles. The van der Waals surface area contributed by atoms with E-state index in [9.17, 15) is 0 Å². The normalized spacial score (nSPS) is 9.95. The second kappa shape index (κ2) is 6.67. The topological polar surface area (TPSA) is 62.3 Å². The van der Waals surface area contributed by atoms with Gasteiger partial charge in [-0.2, -0.15) is 5.26 Å². The van der Waals surface area contributed by atoms with Gasteiger partial charge in [0, 0.05) is 37.1 Å². The van der Waals surface area contributed by atoms with Crippen molar-refractivity contribution in [1.82, 2.24) is 0 Å². The summed E-state index contributed by atoms with van der Waals surface area (Å²) < 4.78 is 5.51. The Morgan fingerprint density at radius 3 is 2.76 bits per heavy atom. The average Bonchev–Trinajstić information content (AvgIpc) is 2.47. The number of nitrogens with two attached hydrogens (primary N) is 1. The molecule has 0 radical (unpaired) electrons. The molecule has 0 aromatic heterocycles. The highest BCUT2D eigenvalue weighted by molar-refractivity contribution is 5.60. The first-order valence-corrected chi connectivity index (χ1v) is 6.86. The number of hydrogen-bond donors (Lipinski definition) is 1. The second-order valence-electron chi connectivity index (χ2n) is 4.86. The molecule has 108 valence electrons. The van der Waals surface area contributed by atoms with Gasteiger partial charge in [0.2, 0.25) is 0 Å². The van der Waals surface area contributed by atoms with E-state index >= 15 is 0 Å². The molecule has 0 unspecified atom stereocenters. The third-order valence-corrected chi connectivity index (χ3v) is 3.14. The third kappa shape index (κ3) is 3.90. The Labute approximate surface area is 125 Å². The summed E-state index contributed by atoms with van der Waals surface area (Å²) in [6.07, 6.45) is 0. The summed E-state index contributed by atoms with van der Waals surface area (Å²) in [5.41, 5.74) is 9.33. The predicted molar refractivity (Wildman–Crippen MR) is 85.3 cm³/mol. The van der Waals surface area contributed by atoms with Gasteiger partial charge in [0.25, 0.3) is 0 Å². The number of hydrogen-bond acceptors (Lipinski definition) is 4. The zero-order chi connectivity index (χ0) is 15.2. The number of benzene rings is 2. The molecule has 0 spiro atoms. The number of ether oxygens (including phenoxy) is 1. The van der Waals surface area contributed by atoms with E-state index < -0.39 is 0 Å². The molecule has 4 heteroatoms. The molecule has 2 aromatic carbocycles. The Hall–Kier alpha value is -2.67. The van der Waals surface area contributed by atoms with E-state index in [1.807, 2.05) is 50.4 Å². The molecule has 2 rings (SSSR count). The number of nitrogens with zero attached hydrogens (tertiary/aromatic N) is 2. The van der Waals surface area contributed by atoms with E-state index in [0.29, 0.717) is 24.4 Å². The lowest BCUT2D eigenvalue weighted by atomic mass is 10.1. The summed E-state index contributed by atoms with van der Waals surface area (Å²) in [5.74, 6) is 0.769. The van der Waals surface area contributed by atoms with E-state index in [1.54, 1.807) is 6.07 Å². The zero-order valence-corrected chi connectivity index (χ0v) is 12.3. The maximum Gasteiger partial charge on any atom is 0.123 e. The van der Waals surface area contributed by atoms with Gasteiger partial charge in [0.05, 0.1) is 18.2 Å². The third-order valence-electron chi connectivity index (χ3n) is 3.14. The highest BCUT2D eigenvalue weighted by atomic mass is 16.5. The first-order chi connectivity index (χ1) is 10.1. The fourth-order valence-electron chi connectivity index (χ4n) is 2.18. The van der Waals surface area contributed by atoms with Crippen molar-refractivity contribution in [3.63, 3.8) is 0 Å². The monoisotopic (exact) mass is 281 g/mol. The minimum absolute atomic E-state index is 0.608. The number of anilines is 2. The van der Waals surface area contributed by atoms with Crippen LogP contribution >= 0.6 is 0 Å². The minimum atomic E-state index is 0.608. The molecule has 0 saturated heterocycles. The Bertz CT molecular complexity index is 661. The molecule has 0 amide bonds. The molecular formula is C17H19N3O. The second-order valence-corrected chi connectivity index (χ2v) is 4.86. The van der Waals surface area contributed by atoms with Gasteiger partial charge in [-0.05, 0) is 30.7 Å². The highest BCUT2D eigenvalue weighted by Crippen LogP contribution is 2.26. The predicted octanol–water partition coefficient (Wildman–Crippen LogP) is 3.18. The van der Waals surface area contributed by atoms with Crippen LogP contribution in [0, 0.1) is 11.3 Å². The lowest BCUT2D eigenvalue weighted by Crippen LogP contribution is -2.16. The Balaban J connectivity index is 2.19.